The van der Waals surface area contributed by atoms with Crippen LogP contribution in [0.25, 0.3) is 0 Å². The van der Waals surface area contributed by atoms with E-state index >= 15 is 0 Å². The summed E-state index contributed by atoms with van der Waals surface area (Å²) in [5.41, 5.74) is 0. The van der Waals surface area contributed by atoms with Gasteiger partial charge in [0.15, 0.2) is 0 Å². The summed E-state index contributed by atoms with van der Waals surface area (Å²) in [5.74, 6) is 0. The van der Waals surface area contributed by atoms with Gasteiger partial charge in [0.1, 0.15) is 0 Å². The van der Waals surface area contributed by atoms with Crippen LogP contribution in [0.1, 0.15) is 10.3 Å². The van der Waals surface area contributed by atoms with Crippen molar-refractivity contribution in [3.8, 4) is 0 Å². The van der Waals surface area contributed by atoms with Gasteiger partial charge in [0, 0.05) is 40.1 Å². The van der Waals surface area contributed by atoms with Gasteiger partial charge in [-0.1, -0.05) is 7.43 Å². The number of halogens is 3. The summed E-state index contributed by atoms with van der Waals surface area (Å²) in [6.07, 6.45) is 0. The first kappa shape index (κ1) is 39.0. The van der Waals surface area contributed by atoms with Crippen LogP contribution in [0.4, 0.5) is 0 Å². The molecular weight excluding hydrogens is 439 g/mol. The Morgan fingerprint density at radius 3 is 1.33 bits per heavy atom. The fraction of sp³-hybridized carbons (Fsp3) is 1.00. The molecule has 0 atom stereocenters. The van der Waals surface area contributed by atoms with E-state index in [0.29, 0.717) is 0 Å². The van der Waals surface area contributed by atoms with Gasteiger partial charge in [0.2, 0.25) is 0 Å². The molecule has 0 radical (unpaired) electrons. The molecule has 0 saturated heterocycles. The molecule has 0 spiro atoms. The maximum Gasteiger partial charge on any atom is 0 e. The topological polar surface area (TPSA) is 35.0 Å². The lowest BCUT2D eigenvalue weighted by atomic mass is 12.0. The zero-order valence-corrected chi connectivity index (χ0v) is 10.0. The molecule has 0 aliphatic carbocycles. The second kappa shape index (κ2) is 50.7. The zero-order chi connectivity index (χ0) is 2.00. The van der Waals surface area contributed by atoms with Gasteiger partial charge in [-0.25, -0.2) is 0 Å². The summed E-state index contributed by atoms with van der Waals surface area (Å²) in [6, 6.07) is 0. The van der Waals surface area contributed by atoms with Crippen LogP contribution in [0.15, 0.2) is 0 Å². The Kier molecular flexibility index (Phi) is 330. The van der Waals surface area contributed by atoms with Crippen molar-refractivity contribution in [1.82, 2.24) is 6.15 Å². The molecule has 0 unspecified atom stereocenters. The Balaban J connectivity index is -0.000000000333. The van der Waals surface area contributed by atoms with Gasteiger partial charge < -0.3 is 6.15 Å². The lowest BCUT2D eigenvalue weighted by molar-refractivity contribution is 2.13. The van der Waals surface area contributed by atoms with Crippen molar-refractivity contribution in [2.75, 3.05) is 0 Å². The molecule has 0 aliphatic rings. The molecular formula is CH14I3NS. The lowest BCUT2D eigenvalue weighted by Crippen LogP contribution is -0.481. The van der Waals surface area contributed by atoms with Crippen LogP contribution in [-0.2, 0) is 0 Å². The van der Waals surface area contributed by atoms with E-state index in [2.05, 4.69) is 37.2 Å². The minimum atomic E-state index is 0. The van der Waals surface area contributed by atoms with Gasteiger partial charge in [0.25, 0.3) is 0 Å². The molecule has 3 N–H and O–H groups in total. The van der Waals surface area contributed by atoms with E-state index in [1.165, 1.54) is 0 Å². The molecule has 5 heteroatoms. The fourth-order valence-electron chi connectivity index (χ4n) is 0. The molecule has 0 heterocycles. The van der Waals surface area contributed by atoms with Crippen molar-refractivity contribution < 1.29 is 2.85 Å². The van der Waals surface area contributed by atoms with E-state index in [1.54, 1.807) is 0 Å². The molecule has 0 aromatic carbocycles. The van der Waals surface area contributed by atoms with Gasteiger partial charge in [-0.15, -0.1) is 24.0 Å². The van der Waals surface area contributed by atoms with Gasteiger partial charge >= 0.3 is 0 Å². The van der Waals surface area contributed by atoms with E-state index in [4.69, 9.17) is 0 Å². The highest BCUT2D eigenvalue weighted by Gasteiger charge is 1.00. The van der Waals surface area contributed by atoms with Crippen LogP contribution in [0.3, 0.4) is 0 Å². The molecule has 50 valence electrons. The monoisotopic (exact) mass is 454 g/mol. The molecule has 1 nitrogen and oxygen atoms in total. The smallest absolute Gasteiger partial charge is 0 e. The molecule has 0 aliphatic heterocycles. The van der Waals surface area contributed by atoms with Crippen LogP contribution in [0.2, 0.25) is 0 Å². The summed E-state index contributed by atoms with van der Waals surface area (Å²) in [4.78, 5) is 0. The van der Waals surface area contributed by atoms with Crippen LogP contribution in [0, 0.1) is 0 Å². The Morgan fingerprint density at radius 2 is 1.33 bits per heavy atom. The molecule has 0 saturated carbocycles. The number of rotatable bonds is 0. The van der Waals surface area contributed by atoms with E-state index < -0.39 is 0 Å². The summed E-state index contributed by atoms with van der Waals surface area (Å²) >= 11 is 4.24. The lowest BCUT2D eigenvalue weighted by Gasteiger charge is -1.00. The minimum absolute atomic E-state index is 0. The first-order valence-electron chi connectivity index (χ1n) is 0.143. The first-order chi connectivity index (χ1) is 1.00. The predicted octanol–water partition coefficient (Wildman–Crippen LogP) is 3.79. The highest BCUT2D eigenvalue weighted by Crippen LogP contribution is 1.89. The van der Waals surface area contributed by atoms with Gasteiger partial charge in [-0.2, -0.15) is 13.5 Å². The predicted molar refractivity (Wildman–Crippen MR) is 69.8 cm³/mol. The first-order valence-corrected chi connectivity index (χ1v) is 6.43. The largest absolute Gasteiger partial charge is 0.344 e. The van der Waals surface area contributed by atoms with E-state index in [1.807, 2.05) is 0 Å². The average Bonchev–Trinajstić information content (AvgIpc) is 1.00. The maximum absolute atomic E-state index is 2.12. The number of hydrogen-bond donors (Lipinski definition) is 1. The Hall–Kier alpha value is 2.50. The third kappa shape index (κ3) is 31.5. The zero-order valence-electron chi connectivity index (χ0n) is 2.37. The highest BCUT2D eigenvalue weighted by molar-refractivity contribution is 15.0. The van der Waals surface area contributed by atoms with Crippen molar-refractivity contribution in [3.63, 3.8) is 0 Å². The van der Waals surface area contributed by atoms with E-state index in [9.17, 15) is 0 Å². The van der Waals surface area contributed by atoms with E-state index in [0.717, 1.165) is 0 Å². The minimum Gasteiger partial charge on any atom is -0.344 e. The summed E-state index contributed by atoms with van der Waals surface area (Å²) in [5, 5.41) is 0. The summed E-state index contributed by atoms with van der Waals surface area (Å²) in [7, 11) is 0. The van der Waals surface area contributed by atoms with Crippen molar-refractivity contribution in [2.24, 2.45) is 0 Å². The number of hydrogen-bond acceptors (Lipinski definition) is 1. The quantitative estimate of drug-likeness (QED) is 0.556. The van der Waals surface area contributed by atoms with E-state index in [-0.39, 0.29) is 53.9 Å². The van der Waals surface area contributed by atoms with Crippen LogP contribution in [-0.4, -0.2) is 0 Å². The van der Waals surface area contributed by atoms with Crippen molar-refractivity contribution in [3.05, 3.63) is 0 Å². The Labute approximate surface area is 89.7 Å². The molecule has 0 rings (SSSR count). The maximum atomic E-state index is 2.12. The highest BCUT2D eigenvalue weighted by atomic mass is 128. The van der Waals surface area contributed by atoms with Crippen LogP contribution >= 0.6 is 74.7 Å². The Bertz CT molecular complexity index is 17.2. The van der Waals surface area contributed by atoms with Crippen LogP contribution in [0.5, 0.6) is 0 Å². The Morgan fingerprint density at radius 1 is 1.33 bits per heavy atom. The van der Waals surface area contributed by atoms with Gasteiger partial charge in [-0.3, -0.25) is 0 Å². The average molecular weight is 454 g/mol. The second-order valence-electron chi connectivity index (χ2n) is 0. The van der Waals surface area contributed by atoms with Crippen LogP contribution < -0.4 is 6.15 Å². The molecule has 6 heavy (non-hydrogen) atoms. The molecule has 0 fully saturated rings. The van der Waals surface area contributed by atoms with Crippen molar-refractivity contribution in [2.45, 2.75) is 7.43 Å². The molecule has 0 bridgehead atoms. The molecule has 0 aromatic rings. The van der Waals surface area contributed by atoms with Crippen molar-refractivity contribution in [1.29, 1.82) is 0 Å². The molecule has 0 amide bonds. The third-order valence-electron chi connectivity index (χ3n) is 0. The van der Waals surface area contributed by atoms with Gasteiger partial charge in [-0.05, 0) is 0 Å². The van der Waals surface area contributed by atoms with Crippen molar-refractivity contribution >= 4 is 74.7 Å². The standard InChI is InChI=1S/CH4.I2.HI.H3N.H2S.2H2/c;1-2;;;;;/h1H4;;1H;1H3;1H2;2*1H/i;;;;;1+1;. The van der Waals surface area contributed by atoms with Gasteiger partial charge in [0.05, 0.1) is 0 Å². The fourth-order valence-corrected chi connectivity index (χ4v) is 0. The molecule has 0 aromatic heterocycles. The normalized spacial score (nSPS) is 1.00. The second-order valence-corrected chi connectivity index (χ2v) is 0. The summed E-state index contributed by atoms with van der Waals surface area (Å²) < 4.78 is 0. The summed E-state index contributed by atoms with van der Waals surface area (Å²) in [6.45, 7) is 0. The SMILES string of the molecule is C.I.II.N.S.[2HH].[HH]. The third-order valence-corrected chi connectivity index (χ3v) is 0.